The third kappa shape index (κ3) is 3.46. The number of aromatic nitrogens is 4. The zero-order valence-corrected chi connectivity index (χ0v) is 18.2. The minimum Gasteiger partial charge on any atom is -0.497 e. The molecule has 2 aliphatic carbocycles. The summed E-state index contributed by atoms with van der Waals surface area (Å²) in [5.41, 5.74) is 2.06. The second kappa shape index (κ2) is 7.74. The molecule has 0 spiro atoms. The molecule has 2 aromatic rings. The van der Waals surface area contributed by atoms with Crippen molar-refractivity contribution in [3.8, 4) is 5.75 Å². The van der Waals surface area contributed by atoms with E-state index in [1.54, 1.807) is 7.11 Å². The van der Waals surface area contributed by atoms with Gasteiger partial charge in [-0.15, -0.1) is 10.2 Å². The van der Waals surface area contributed by atoms with Crippen molar-refractivity contribution in [3.63, 3.8) is 0 Å². The summed E-state index contributed by atoms with van der Waals surface area (Å²) in [6, 6.07) is 8.03. The standard InChI is InChI=1S/C23H27N7O2/c1-31-16-6-7-19-17(14-16)21(24-18-4-2-3-5-20(18)32-19)30-12-10-29(11-13-30)15-23(8-9-23)22-25-27-28-26-22/h2-6,14,19H,7-13,15H2,1H3,(H,25,26,27,28). The van der Waals surface area contributed by atoms with Gasteiger partial charge in [-0.2, -0.15) is 5.21 Å². The molecule has 1 atom stereocenters. The normalized spacial score (nSPS) is 24.2. The minimum absolute atomic E-state index is 0.0534. The van der Waals surface area contributed by atoms with Gasteiger partial charge in [0.15, 0.2) is 5.82 Å². The number of fused-ring (bicyclic) bond motifs is 2. The largest absolute Gasteiger partial charge is 0.497 e. The van der Waals surface area contributed by atoms with Gasteiger partial charge in [0.25, 0.3) is 0 Å². The molecule has 3 heterocycles. The first-order valence-electron chi connectivity index (χ1n) is 11.3. The topological polar surface area (TPSA) is 91.8 Å². The van der Waals surface area contributed by atoms with Crippen LogP contribution in [-0.4, -0.2) is 82.2 Å². The zero-order valence-electron chi connectivity index (χ0n) is 18.2. The molecule has 6 rings (SSSR count). The Bertz CT molecular complexity index is 1080. The fourth-order valence-corrected chi connectivity index (χ4v) is 4.89. The average molecular weight is 434 g/mol. The first-order chi connectivity index (χ1) is 15.7. The number of nitrogens with zero attached hydrogens (tertiary/aromatic N) is 6. The number of amidine groups is 1. The number of H-pyrrole nitrogens is 1. The number of para-hydroxylation sites is 2. The zero-order chi connectivity index (χ0) is 21.5. The van der Waals surface area contributed by atoms with Gasteiger partial charge in [-0.3, -0.25) is 4.90 Å². The summed E-state index contributed by atoms with van der Waals surface area (Å²) in [7, 11) is 1.71. The predicted molar refractivity (Wildman–Crippen MR) is 119 cm³/mol. The molecule has 0 bridgehead atoms. The van der Waals surface area contributed by atoms with Crippen molar-refractivity contribution >= 4 is 11.5 Å². The maximum atomic E-state index is 6.37. The van der Waals surface area contributed by atoms with Gasteiger partial charge in [-0.05, 0) is 37.1 Å². The molecule has 1 saturated heterocycles. The number of tetrazole rings is 1. The number of ether oxygens (including phenoxy) is 2. The monoisotopic (exact) mass is 433 g/mol. The fraction of sp³-hybridized carbons (Fsp3) is 0.478. The second-order valence-electron chi connectivity index (χ2n) is 8.93. The third-order valence-corrected chi connectivity index (χ3v) is 6.90. The highest BCUT2D eigenvalue weighted by Gasteiger charge is 2.49. The van der Waals surface area contributed by atoms with Crippen molar-refractivity contribution in [1.29, 1.82) is 0 Å². The van der Waals surface area contributed by atoms with Crippen molar-refractivity contribution in [3.05, 3.63) is 53.6 Å². The van der Waals surface area contributed by atoms with Crippen LogP contribution in [0.5, 0.6) is 5.75 Å². The molecule has 9 heteroatoms. The number of piperazine rings is 1. The van der Waals surface area contributed by atoms with Gasteiger partial charge < -0.3 is 14.4 Å². The van der Waals surface area contributed by atoms with Gasteiger partial charge in [0, 0.05) is 50.1 Å². The van der Waals surface area contributed by atoms with Crippen LogP contribution in [-0.2, 0) is 10.2 Å². The quantitative estimate of drug-likeness (QED) is 0.790. The number of rotatable bonds is 4. The Balaban J connectivity index is 1.23. The molecule has 4 aliphatic rings. The van der Waals surface area contributed by atoms with Gasteiger partial charge in [-0.1, -0.05) is 17.3 Å². The Morgan fingerprint density at radius 1 is 1.19 bits per heavy atom. The number of aromatic amines is 1. The molecule has 1 saturated carbocycles. The van der Waals surface area contributed by atoms with Crippen LogP contribution in [0, 0.1) is 0 Å². The second-order valence-corrected chi connectivity index (χ2v) is 8.93. The summed E-state index contributed by atoms with van der Waals surface area (Å²) in [4.78, 5) is 10.0. The maximum Gasteiger partial charge on any atom is 0.181 e. The number of hydrogen-bond acceptors (Lipinski definition) is 8. The predicted octanol–water partition coefficient (Wildman–Crippen LogP) is 2.20. The van der Waals surface area contributed by atoms with Crippen LogP contribution in [0.3, 0.4) is 0 Å². The first kappa shape index (κ1) is 19.5. The van der Waals surface area contributed by atoms with Crippen molar-refractivity contribution in [1.82, 2.24) is 30.4 Å². The van der Waals surface area contributed by atoms with E-state index in [9.17, 15) is 0 Å². The summed E-state index contributed by atoms with van der Waals surface area (Å²) >= 11 is 0. The maximum absolute atomic E-state index is 6.37. The van der Waals surface area contributed by atoms with Crippen molar-refractivity contribution in [2.45, 2.75) is 30.8 Å². The summed E-state index contributed by atoms with van der Waals surface area (Å²) in [6.45, 7) is 4.78. The summed E-state index contributed by atoms with van der Waals surface area (Å²) in [5, 5.41) is 14.9. The lowest BCUT2D eigenvalue weighted by molar-refractivity contribution is 0.165. The Morgan fingerprint density at radius 3 is 2.78 bits per heavy atom. The molecule has 0 radical (unpaired) electrons. The Hall–Kier alpha value is -3.20. The van der Waals surface area contributed by atoms with Gasteiger partial charge in [-0.25, -0.2) is 4.99 Å². The van der Waals surface area contributed by atoms with E-state index in [1.807, 2.05) is 24.3 Å². The SMILES string of the molecule is COC1=CCC2Oc3ccccc3N=C(N3CCN(CC4(c5nn[nH]n5)CC4)CC3)C2=C1. The number of benzene rings is 1. The lowest BCUT2D eigenvalue weighted by atomic mass is 9.98. The van der Waals surface area contributed by atoms with Crippen LogP contribution in [0.4, 0.5) is 5.69 Å². The molecule has 1 unspecified atom stereocenters. The molecule has 9 nitrogen and oxygen atoms in total. The van der Waals surface area contributed by atoms with Gasteiger partial charge >= 0.3 is 0 Å². The lowest BCUT2D eigenvalue weighted by Crippen LogP contribution is -2.51. The van der Waals surface area contributed by atoms with Gasteiger partial charge in [0.2, 0.25) is 0 Å². The molecule has 2 aliphatic heterocycles. The molecular formula is C23H27N7O2. The number of aliphatic imine (C=N–C) groups is 1. The Kier molecular flexibility index (Phi) is 4.71. The van der Waals surface area contributed by atoms with E-state index in [0.29, 0.717) is 0 Å². The Labute approximate surface area is 186 Å². The van der Waals surface area contributed by atoms with Crippen LogP contribution in [0.2, 0.25) is 0 Å². The first-order valence-corrected chi connectivity index (χ1v) is 11.3. The Morgan fingerprint density at radius 2 is 2.03 bits per heavy atom. The number of allylic oxidation sites excluding steroid dienone is 1. The summed E-state index contributed by atoms with van der Waals surface area (Å²) in [6.07, 6.45) is 7.16. The number of hydrogen-bond donors (Lipinski definition) is 1. The van der Waals surface area contributed by atoms with Crippen LogP contribution in [0.1, 0.15) is 25.1 Å². The highest BCUT2D eigenvalue weighted by molar-refractivity contribution is 6.02. The highest BCUT2D eigenvalue weighted by Crippen LogP contribution is 2.47. The van der Waals surface area contributed by atoms with E-state index in [2.05, 4.69) is 42.6 Å². The van der Waals surface area contributed by atoms with Crippen molar-refractivity contribution in [2.24, 2.45) is 4.99 Å². The van der Waals surface area contributed by atoms with Crippen LogP contribution < -0.4 is 4.74 Å². The van der Waals surface area contributed by atoms with E-state index in [-0.39, 0.29) is 11.5 Å². The molecule has 1 aromatic heterocycles. The summed E-state index contributed by atoms with van der Waals surface area (Å²) in [5.74, 6) is 3.56. The fourth-order valence-electron chi connectivity index (χ4n) is 4.89. The molecular weight excluding hydrogens is 406 g/mol. The lowest BCUT2D eigenvalue weighted by Gasteiger charge is -2.38. The van der Waals surface area contributed by atoms with E-state index in [0.717, 1.165) is 86.4 Å². The van der Waals surface area contributed by atoms with Crippen molar-refractivity contribution in [2.75, 3.05) is 39.8 Å². The smallest absolute Gasteiger partial charge is 0.181 e. The van der Waals surface area contributed by atoms with E-state index in [4.69, 9.17) is 14.5 Å². The molecule has 0 amide bonds. The van der Waals surface area contributed by atoms with Gasteiger partial charge in [0.05, 0.1) is 7.11 Å². The van der Waals surface area contributed by atoms with Gasteiger partial charge in [0.1, 0.15) is 29.1 Å². The molecule has 2 fully saturated rings. The van der Waals surface area contributed by atoms with E-state index < -0.39 is 0 Å². The van der Waals surface area contributed by atoms with Crippen LogP contribution in [0.15, 0.2) is 52.7 Å². The summed E-state index contributed by atoms with van der Waals surface area (Å²) < 4.78 is 11.9. The molecule has 1 aromatic carbocycles. The van der Waals surface area contributed by atoms with Crippen LogP contribution in [0.25, 0.3) is 0 Å². The number of nitrogens with one attached hydrogen (secondary N) is 1. The molecule has 166 valence electrons. The number of methoxy groups -OCH3 is 1. The van der Waals surface area contributed by atoms with Crippen molar-refractivity contribution < 1.29 is 9.47 Å². The third-order valence-electron chi connectivity index (χ3n) is 6.90. The van der Waals surface area contributed by atoms with E-state index >= 15 is 0 Å². The van der Waals surface area contributed by atoms with E-state index in [1.165, 1.54) is 0 Å². The van der Waals surface area contributed by atoms with Crippen LogP contribution >= 0.6 is 0 Å². The minimum atomic E-state index is -0.0534. The average Bonchev–Trinajstić information content (AvgIpc) is 3.43. The molecule has 32 heavy (non-hydrogen) atoms. The molecule has 1 N–H and O–H groups in total. The highest BCUT2D eigenvalue weighted by atomic mass is 16.5.